The summed E-state index contributed by atoms with van der Waals surface area (Å²) in [6.45, 7) is 1.76. The van der Waals surface area contributed by atoms with Gasteiger partial charge in [0.05, 0.1) is 11.3 Å². The minimum atomic E-state index is -0.487. The molecule has 0 bridgehead atoms. The van der Waals surface area contributed by atoms with E-state index in [-0.39, 0.29) is 23.8 Å². The first kappa shape index (κ1) is 14.5. The summed E-state index contributed by atoms with van der Waals surface area (Å²) in [6, 6.07) is 10.7. The number of nitro groups is 1. The van der Waals surface area contributed by atoms with Crippen molar-refractivity contribution in [1.29, 1.82) is 0 Å². The maximum absolute atomic E-state index is 11.9. The molecule has 0 heterocycles. The molecule has 0 aliphatic carbocycles. The number of hydrogen-bond donors (Lipinski definition) is 2. The first-order chi connectivity index (χ1) is 9.95. The van der Waals surface area contributed by atoms with E-state index < -0.39 is 4.92 Å². The van der Waals surface area contributed by atoms with Crippen LogP contribution in [0.5, 0.6) is 5.75 Å². The molecular formula is C15H14N2O4. The van der Waals surface area contributed by atoms with Crippen molar-refractivity contribution >= 4 is 17.3 Å². The number of anilines is 1. The Hall–Kier alpha value is -2.89. The number of nitrogens with one attached hydrogen (secondary N) is 1. The summed E-state index contributed by atoms with van der Waals surface area (Å²) in [5.41, 5.74) is 1.89. The average molecular weight is 286 g/mol. The van der Waals surface area contributed by atoms with Gasteiger partial charge in [-0.05, 0) is 24.1 Å². The molecule has 0 spiro atoms. The third-order valence-corrected chi connectivity index (χ3v) is 3.00. The number of aromatic hydroxyl groups is 1. The first-order valence-corrected chi connectivity index (χ1v) is 6.28. The van der Waals surface area contributed by atoms with Crippen LogP contribution in [-0.2, 0) is 11.2 Å². The van der Waals surface area contributed by atoms with Gasteiger partial charge in [0.15, 0.2) is 0 Å². The van der Waals surface area contributed by atoms with Crippen LogP contribution in [0.1, 0.15) is 11.1 Å². The van der Waals surface area contributed by atoms with Crippen molar-refractivity contribution in [2.75, 3.05) is 5.32 Å². The first-order valence-electron chi connectivity index (χ1n) is 6.28. The van der Waals surface area contributed by atoms with Gasteiger partial charge >= 0.3 is 0 Å². The van der Waals surface area contributed by atoms with Crippen molar-refractivity contribution in [2.45, 2.75) is 13.3 Å². The fourth-order valence-electron chi connectivity index (χ4n) is 1.81. The fourth-order valence-corrected chi connectivity index (χ4v) is 1.81. The monoisotopic (exact) mass is 286 g/mol. The SMILES string of the molecule is Cc1ccc(NC(=O)Cc2ccc([N+](=O)[O-])cc2)cc1O. The second kappa shape index (κ2) is 6.04. The minimum absolute atomic E-state index is 0.0115. The van der Waals surface area contributed by atoms with Crippen molar-refractivity contribution in [1.82, 2.24) is 0 Å². The Morgan fingerprint density at radius 2 is 1.90 bits per heavy atom. The maximum atomic E-state index is 11.9. The number of aryl methyl sites for hydroxylation is 1. The fraction of sp³-hybridized carbons (Fsp3) is 0.133. The van der Waals surface area contributed by atoms with Crippen LogP contribution in [-0.4, -0.2) is 15.9 Å². The summed E-state index contributed by atoms with van der Waals surface area (Å²) < 4.78 is 0. The van der Waals surface area contributed by atoms with Crippen LogP contribution in [0.25, 0.3) is 0 Å². The Morgan fingerprint density at radius 3 is 2.48 bits per heavy atom. The molecule has 6 nitrogen and oxygen atoms in total. The number of carbonyl (C=O) groups is 1. The Morgan fingerprint density at radius 1 is 1.24 bits per heavy atom. The van der Waals surface area contributed by atoms with Crippen LogP contribution in [0.4, 0.5) is 11.4 Å². The van der Waals surface area contributed by atoms with Crippen molar-refractivity contribution in [3.8, 4) is 5.75 Å². The van der Waals surface area contributed by atoms with E-state index in [1.54, 1.807) is 31.2 Å². The van der Waals surface area contributed by atoms with Gasteiger partial charge in [-0.25, -0.2) is 0 Å². The summed E-state index contributed by atoms with van der Waals surface area (Å²) in [7, 11) is 0. The van der Waals surface area contributed by atoms with Crippen molar-refractivity contribution < 1.29 is 14.8 Å². The summed E-state index contributed by atoms with van der Waals surface area (Å²) in [4.78, 5) is 21.9. The van der Waals surface area contributed by atoms with Gasteiger partial charge in [0, 0.05) is 23.9 Å². The molecule has 1 amide bonds. The lowest BCUT2D eigenvalue weighted by molar-refractivity contribution is -0.384. The van der Waals surface area contributed by atoms with Crippen LogP contribution in [0.3, 0.4) is 0 Å². The molecular weight excluding hydrogens is 272 g/mol. The molecule has 0 radical (unpaired) electrons. The Bertz CT molecular complexity index is 681. The average Bonchev–Trinajstić information content (AvgIpc) is 2.43. The minimum Gasteiger partial charge on any atom is -0.508 e. The summed E-state index contributed by atoms with van der Waals surface area (Å²) >= 11 is 0. The molecule has 0 aliphatic rings. The number of non-ortho nitro benzene ring substituents is 1. The highest BCUT2D eigenvalue weighted by molar-refractivity contribution is 5.92. The van der Waals surface area contributed by atoms with Crippen LogP contribution < -0.4 is 5.32 Å². The Labute approximate surface area is 121 Å². The van der Waals surface area contributed by atoms with Gasteiger partial charge in [-0.3, -0.25) is 14.9 Å². The quantitative estimate of drug-likeness (QED) is 0.667. The second-order valence-corrected chi connectivity index (χ2v) is 4.65. The van der Waals surface area contributed by atoms with Gasteiger partial charge < -0.3 is 10.4 Å². The van der Waals surface area contributed by atoms with Crippen LogP contribution in [0.2, 0.25) is 0 Å². The van der Waals surface area contributed by atoms with Crippen molar-refractivity contribution in [3.05, 3.63) is 63.7 Å². The van der Waals surface area contributed by atoms with Crippen molar-refractivity contribution in [2.24, 2.45) is 0 Å². The summed E-state index contributed by atoms with van der Waals surface area (Å²) in [5, 5.41) is 22.8. The predicted octanol–water partition coefficient (Wildman–Crippen LogP) is 2.79. The van der Waals surface area contributed by atoms with Gasteiger partial charge in [0.25, 0.3) is 5.69 Å². The lowest BCUT2D eigenvalue weighted by Gasteiger charge is -2.07. The molecule has 21 heavy (non-hydrogen) atoms. The molecule has 0 saturated carbocycles. The normalized spacial score (nSPS) is 10.1. The maximum Gasteiger partial charge on any atom is 0.269 e. The van der Waals surface area contributed by atoms with E-state index in [0.717, 1.165) is 5.56 Å². The molecule has 2 aromatic carbocycles. The van der Waals surface area contributed by atoms with Gasteiger partial charge in [0.1, 0.15) is 5.75 Å². The van der Waals surface area contributed by atoms with Gasteiger partial charge in [-0.2, -0.15) is 0 Å². The van der Waals surface area contributed by atoms with Crippen molar-refractivity contribution in [3.63, 3.8) is 0 Å². The molecule has 0 fully saturated rings. The standard InChI is InChI=1S/C15H14N2O4/c1-10-2-5-12(9-14(10)18)16-15(19)8-11-3-6-13(7-4-11)17(20)21/h2-7,9,18H,8H2,1H3,(H,16,19). The number of benzene rings is 2. The van der Waals surface area contributed by atoms with E-state index >= 15 is 0 Å². The van der Waals surface area contributed by atoms with E-state index in [1.807, 2.05) is 0 Å². The number of rotatable bonds is 4. The lowest BCUT2D eigenvalue weighted by Crippen LogP contribution is -2.14. The number of carbonyl (C=O) groups excluding carboxylic acids is 1. The second-order valence-electron chi connectivity index (χ2n) is 4.65. The number of nitrogens with zero attached hydrogens (tertiary/aromatic N) is 1. The molecule has 0 aliphatic heterocycles. The molecule has 0 aromatic heterocycles. The molecule has 0 unspecified atom stereocenters. The third kappa shape index (κ3) is 3.79. The highest BCUT2D eigenvalue weighted by atomic mass is 16.6. The highest BCUT2D eigenvalue weighted by Crippen LogP contribution is 2.21. The highest BCUT2D eigenvalue weighted by Gasteiger charge is 2.08. The Kier molecular flexibility index (Phi) is 4.18. The number of nitro benzene ring substituents is 1. The summed E-state index contributed by atoms with van der Waals surface area (Å²) in [5.74, 6) is -0.143. The molecule has 2 rings (SSSR count). The van der Waals surface area contributed by atoms with Crippen LogP contribution in [0.15, 0.2) is 42.5 Å². The van der Waals surface area contributed by atoms with E-state index in [4.69, 9.17) is 0 Å². The molecule has 2 aromatic rings. The molecule has 108 valence electrons. The number of hydrogen-bond acceptors (Lipinski definition) is 4. The molecule has 0 atom stereocenters. The molecule has 2 N–H and O–H groups in total. The number of phenolic OH excluding ortho intramolecular Hbond substituents is 1. The van der Waals surface area contributed by atoms with E-state index in [0.29, 0.717) is 11.3 Å². The molecule has 0 saturated heterocycles. The van der Waals surface area contributed by atoms with E-state index in [9.17, 15) is 20.0 Å². The predicted molar refractivity (Wildman–Crippen MR) is 78.3 cm³/mol. The zero-order chi connectivity index (χ0) is 15.4. The zero-order valence-corrected chi connectivity index (χ0v) is 11.4. The zero-order valence-electron chi connectivity index (χ0n) is 11.4. The van der Waals surface area contributed by atoms with Gasteiger partial charge in [0.2, 0.25) is 5.91 Å². The lowest BCUT2D eigenvalue weighted by atomic mass is 10.1. The van der Waals surface area contributed by atoms with E-state index in [2.05, 4.69) is 5.32 Å². The smallest absolute Gasteiger partial charge is 0.269 e. The van der Waals surface area contributed by atoms with Gasteiger partial charge in [-0.1, -0.05) is 18.2 Å². The topological polar surface area (TPSA) is 92.5 Å². The third-order valence-electron chi connectivity index (χ3n) is 3.00. The number of amides is 1. The Balaban J connectivity index is 2.01. The number of phenols is 1. The van der Waals surface area contributed by atoms with Crippen LogP contribution in [0, 0.1) is 17.0 Å². The summed E-state index contributed by atoms with van der Waals surface area (Å²) in [6.07, 6.45) is 0.104. The largest absolute Gasteiger partial charge is 0.508 e. The molecule has 6 heteroatoms. The van der Waals surface area contributed by atoms with E-state index in [1.165, 1.54) is 18.2 Å². The van der Waals surface area contributed by atoms with Gasteiger partial charge in [-0.15, -0.1) is 0 Å². The van der Waals surface area contributed by atoms with Crippen LogP contribution >= 0.6 is 0 Å².